The maximum atomic E-state index is 12.4. The predicted octanol–water partition coefficient (Wildman–Crippen LogP) is 0.803. The van der Waals surface area contributed by atoms with Gasteiger partial charge >= 0.3 is 5.69 Å². The van der Waals surface area contributed by atoms with Crippen molar-refractivity contribution < 1.29 is 4.79 Å². The van der Waals surface area contributed by atoms with Gasteiger partial charge in [0.2, 0.25) is 5.91 Å². The Labute approximate surface area is 159 Å². The van der Waals surface area contributed by atoms with E-state index in [-0.39, 0.29) is 17.6 Å². The Morgan fingerprint density at radius 2 is 2.22 bits per heavy atom. The van der Waals surface area contributed by atoms with Crippen LogP contribution in [0.2, 0.25) is 0 Å². The van der Waals surface area contributed by atoms with E-state index < -0.39 is 0 Å². The zero-order valence-corrected chi connectivity index (χ0v) is 16.1. The summed E-state index contributed by atoms with van der Waals surface area (Å²) in [5.41, 5.74) is 0.907. The first kappa shape index (κ1) is 19.3. The molecule has 3 heterocycles. The zero-order chi connectivity index (χ0) is 19.2. The molecule has 146 valence electrons. The fraction of sp³-hybridized carbons (Fsp3) is 0.579. The highest BCUT2D eigenvalue weighted by atomic mass is 16.2. The lowest BCUT2D eigenvalue weighted by Gasteiger charge is -2.20. The van der Waals surface area contributed by atoms with E-state index in [0.717, 1.165) is 30.8 Å². The van der Waals surface area contributed by atoms with E-state index in [4.69, 9.17) is 0 Å². The van der Waals surface area contributed by atoms with Gasteiger partial charge in [-0.3, -0.25) is 19.2 Å². The molecule has 27 heavy (non-hydrogen) atoms. The summed E-state index contributed by atoms with van der Waals surface area (Å²) in [6.45, 7) is 4.24. The van der Waals surface area contributed by atoms with Crippen LogP contribution in [0.3, 0.4) is 0 Å². The second-order valence-electron chi connectivity index (χ2n) is 7.16. The third-order valence-corrected chi connectivity index (χ3v) is 4.79. The van der Waals surface area contributed by atoms with Gasteiger partial charge in [-0.05, 0) is 38.4 Å². The second kappa shape index (κ2) is 8.94. The minimum Gasteiger partial charge on any atom is -0.352 e. The molecule has 0 saturated carbocycles. The van der Waals surface area contributed by atoms with E-state index in [2.05, 4.69) is 15.4 Å². The lowest BCUT2D eigenvalue weighted by molar-refractivity contribution is -0.122. The largest absolute Gasteiger partial charge is 0.352 e. The number of aromatic nitrogens is 4. The van der Waals surface area contributed by atoms with Gasteiger partial charge in [0.15, 0.2) is 0 Å². The summed E-state index contributed by atoms with van der Waals surface area (Å²) in [4.78, 5) is 31.0. The normalized spacial score (nSPS) is 16.8. The van der Waals surface area contributed by atoms with Crippen LogP contribution in [-0.2, 0) is 30.8 Å². The number of hydrogen-bond donors (Lipinski definition) is 1. The number of carbonyl (C=O) groups excluding carboxylic acids is 1. The van der Waals surface area contributed by atoms with Crippen LogP contribution in [0.1, 0.15) is 37.7 Å². The Bertz CT molecular complexity index is 813. The number of nitrogens with one attached hydrogen (secondary N) is 1. The van der Waals surface area contributed by atoms with E-state index in [9.17, 15) is 9.59 Å². The summed E-state index contributed by atoms with van der Waals surface area (Å²) < 4.78 is 3.32. The van der Waals surface area contributed by atoms with E-state index in [1.807, 2.05) is 37.1 Å². The van der Waals surface area contributed by atoms with Crippen LogP contribution < -0.4 is 11.0 Å². The lowest BCUT2D eigenvalue weighted by atomic mass is 10.1. The van der Waals surface area contributed by atoms with Crippen LogP contribution in [0.5, 0.6) is 0 Å². The molecule has 1 atom stereocenters. The molecule has 0 radical (unpaired) electrons. The fourth-order valence-corrected chi connectivity index (χ4v) is 3.47. The van der Waals surface area contributed by atoms with Crippen LogP contribution in [-0.4, -0.2) is 49.8 Å². The van der Waals surface area contributed by atoms with E-state index in [0.29, 0.717) is 32.6 Å². The van der Waals surface area contributed by atoms with Crippen LogP contribution in [0, 0.1) is 0 Å². The molecule has 1 N–H and O–H groups in total. The van der Waals surface area contributed by atoms with E-state index in [1.54, 1.807) is 15.4 Å². The molecular weight excluding hydrogens is 344 g/mol. The smallest absolute Gasteiger partial charge is 0.345 e. The summed E-state index contributed by atoms with van der Waals surface area (Å²) in [6.07, 6.45) is 4.91. The molecule has 8 heteroatoms. The SMILES string of the molecule is CCCn1nc2n(c1=O)CCC(NC(=O)CN(C)Cc1ccccn1)CC2. The van der Waals surface area contributed by atoms with Gasteiger partial charge in [-0.25, -0.2) is 9.48 Å². The van der Waals surface area contributed by atoms with Gasteiger partial charge in [0.05, 0.1) is 12.2 Å². The third-order valence-electron chi connectivity index (χ3n) is 4.79. The van der Waals surface area contributed by atoms with E-state index >= 15 is 0 Å². The van der Waals surface area contributed by atoms with Gasteiger partial charge in [0.1, 0.15) is 5.82 Å². The first-order valence-electron chi connectivity index (χ1n) is 9.61. The van der Waals surface area contributed by atoms with Crippen molar-refractivity contribution >= 4 is 5.91 Å². The number of likely N-dealkylation sites (N-methyl/N-ethyl adjacent to an activating group) is 1. The highest BCUT2D eigenvalue weighted by Gasteiger charge is 2.22. The first-order valence-corrected chi connectivity index (χ1v) is 9.61. The Morgan fingerprint density at radius 3 is 2.96 bits per heavy atom. The van der Waals surface area contributed by atoms with Gasteiger partial charge in [0, 0.05) is 38.3 Å². The molecular formula is C19H28N6O2. The summed E-state index contributed by atoms with van der Waals surface area (Å²) in [5, 5.41) is 7.56. The van der Waals surface area contributed by atoms with Gasteiger partial charge in [-0.15, -0.1) is 0 Å². The van der Waals surface area contributed by atoms with Crippen molar-refractivity contribution in [2.45, 2.75) is 58.3 Å². The van der Waals surface area contributed by atoms with Crippen LogP contribution in [0.4, 0.5) is 0 Å². The molecule has 0 fully saturated rings. The monoisotopic (exact) mass is 372 g/mol. The van der Waals surface area contributed by atoms with Gasteiger partial charge < -0.3 is 5.32 Å². The molecule has 1 aliphatic heterocycles. The third kappa shape index (κ3) is 5.03. The number of fused-ring (bicyclic) bond motifs is 1. The molecule has 1 unspecified atom stereocenters. The number of amides is 1. The highest BCUT2D eigenvalue weighted by Crippen LogP contribution is 2.12. The van der Waals surface area contributed by atoms with Crippen LogP contribution in [0.15, 0.2) is 29.2 Å². The Balaban J connectivity index is 1.50. The van der Waals surface area contributed by atoms with Gasteiger partial charge in [-0.2, -0.15) is 5.10 Å². The molecule has 0 aliphatic carbocycles. The number of pyridine rings is 1. The highest BCUT2D eigenvalue weighted by molar-refractivity contribution is 5.78. The van der Waals surface area contributed by atoms with Crippen molar-refractivity contribution in [2.24, 2.45) is 0 Å². The summed E-state index contributed by atoms with van der Waals surface area (Å²) in [6, 6.07) is 5.84. The standard InChI is InChI=1S/C19H28N6O2/c1-3-11-25-19(27)24-12-9-15(7-8-17(24)22-25)21-18(26)14-23(2)13-16-6-4-5-10-20-16/h4-6,10,15H,3,7-9,11-14H2,1-2H3,(H,21,26). The van der Waals surface area contributed by atoms with Crippen LogP contribution >= 0.6 is 0 Å². The predicted molar refractivity (Wildman–Crippen MR) is 102 cm³/mol. The average Bonchev–Trinajstić information content (AvgIpc) is 2.80. The quantitative estimate of drug-likeness (QED) is 0.777. The molecule has 1 amide bonds. The zero-order valence-electron chi connectivity index (χ0n) is 16.1. The number of hydrogen-bond acceptors (Lipinski definition) is 5. The molecule has 0 bridgehead atoms. The summed E-state index contributed by atoms with van der Waals surface area (Å²) in [7, 11) is 1.91. The fourth-order valence-electron chi connectivity index (χ4n) is 3.47. The first-order chi connectivity index (χ1) is 13.1. The molecule has 0 saturated heterocycles. The van der Waals surface area contributed by atoms with Crippen molar-refractivity contribution in [3.8, 4) is 0 Å². The Hall–Kier alpha value is -2.48. The van der Waals surface area contributed by atoms with Crippen molar-refractivity contribution in [1.82, 2.24) is 29.5 Å². The van der Waals surface area contributed by atoms with Gasteiger partial charge in [0.25, 0.3) is 0 Å². The molecule has 3 rings (SSSR count). The second-order valence-corrected chi connectivity index (χ2v) is 7.16. The molecule has 0 spiro atoms. The topological polar surface area (TPSA) is 85.0 Å². The number of aryl methyl sites for hydroxylation is 2. The summed E-state index contributed by atoms with van der Waals surface area (Å²) in [5.74, 6) is 0.832. The molecule has 2 aromatic heterocycles. The molecule has 8 nitrogen and oxygen atoms in total. The Morgan fingerprint density at radius 1 is 1.37 bits per heavy atom. The average molecular weight is 372 g/mol. The number of carbonyl (C=O) groups is 1. The van der Waals surface area contributed by atoms with Gasteiger partial charge in [-0.1, -0.05) is 13.0 Å². The lowest BCUT2D eigenvalue weighted by Crippen LogP contribution is -2.41. The van der Waals surface area contributed by atoms with Crippen molar-refractivity contribution in [3.63, 3.8) is 0 Å². The molecule has 1 aliphatic rings. The van der Waals surface area contributed by atoms with E-state index in [1.165, 1.54) is 0 Å². The van der Waals surface area contributed by atoms with Crippen molar-refractivity contribution in [3.05, 3.63) is 46.4 Å². The van der Waals surface area contributed by atoms with Crippen molar-refractivity contribution in [1.29, 1.82) is 0 Å². The maximum absolute atomic E-state index is 12.4. The minimum absolute atomic E-state index is 0.00126. The van der Waals surface area contributed by atoms with Crippen molar-refractivity contribution in [2.75, 3.05) is 13.6 Å². The Kier molecular flexibility index (Phi) is 6.39. The maximum Gasteiger partial charge on any atom is 0.345 e. The molecule has 2 aromatic rings. The number of rotatable bonds is 7. The summed E-state index contributed by atoms with van der Waals surface area (Å²) >= 11 is 0. The van der Waals surface area contributed by atoms with Crippen LogP contribution in [0.25, 0.3) is 0 Å². The number of nitrogens with zero attached hydrogens (tertiary/aromatic N) is 5. The minimum atomic E-state index is -0.0334. The molecule has 0 aromatic carbocycles.